The third kappa shape index (κ3) is 0.501. The van der Waals surface area contributed by atoms with Crippen molar-refractivity contribution in [3.05, 3.63) is 0 Å². The van der Waals surface area contributed by atoms with Crippen LogP contribution in [-0.2, 0) is 0 Å². The molecule has 0 aromatic carbocycles. The van der Waals surface area contributed by atoms with Gasteiger partial charge in [-0.15, -0.1) is 0 Å². The summed E-state index contributed by atoms with van der Waals surface area (Å²) >= 11 is 0. The molecule has 0 aromatic rings. The largest absolute Gasteiger partial charge is 0.325 e. The Hall–Kier alpha value is -0.0800. The van der Waals surface area contributed by atoms with Gasteiger partial charge in [-0.1, -0.05) is 0 Å². The Morgan fingerprint density at radius 2 is 2.00 bits per heavy atom. The summed E-state index contributed by atoms with van der Waals surface area (Å²) in [6.07, 6.45) is 2.53. The Kier molecular flexibility index (Phi) is 0.746. The van der Waals surface area contributed by atoms with Gasteiger partial charge in [0.15, 0.2) is 0 Å². The first-order valence-electron chi connectivity index (χ1n) is 3.31. The SMILES string of the molecule is NC1(C2CNC2)CC1. The van der Waals surface area contributed by atoms with Crippen molar-refractivity contribution in [1.82, 2.24) is 5.32 Å². The average molecular weight is 112 g/mol. The van der Waals surface area contributed by atoms with Gasteiger partial charge in [0.1, 0.15) is 0 Å². The molecule has 1 saturated heterocycles. The smallest absolute Gasteiger partial charge is 0.0208 e. The molecule has 2 nitrogen and oxygen atoms in total. The molecule has 2 aliphatic rings. The number of hydrogen-bond acceptors (Lipinski definition) is 2. The zero-order valence-corrected chi connectivity index (χ0v) is 4.98. The number of rotatable bonds is 1. The predicted molar refractivity (Wildman–Crippen MR) is 32.5 cm³/mol. The van der Waals surface area contributed by atoms with E-state index in [0.717, 1.165) is 19.0 Å². The second kappa shape index (κ2) is 1.25. The predicted octanol–water partition coefficient (Wildman–Crippen LogP) is -0.303. The molecule has 1 aliphatic heterocycles. The molecular weight excluding hydrogens is 100 g/mol. The van der Waals surface area contributed by atoms with Crippen molar-refractivity contribution >= 4 is 0 Å². The van der Waals surface area contributed by atoms with Crippen LogP contribution in [0.3, 0.4) is 0 Å². The molecule has 0 unspecified atom stereocenters. The molecule has 2 heteroatoms. The zero-order chi connectivity index (χ0) is 5.61. The van der Waals surface area contributed by atoms with E-state index in [9.17, 15) is 0 Å². The highest BCUT2D eigenvalue weighted by Crippen LogP contribution is 2.40. The number of hydrogen-bond donors (Lipinski definition) is 2. The molecule has 3 N–H and O–H groups in total. The van der Waals surface area contributed by atoms with Gasteiger partial charge >= 0.3 is 0 Å². The fraction of sp³-hybridized carbons (Fsp3) is 1.00. The zero-order valence-electron chi connectivity index (χ0n) is 4.98. The second-order valence-corrected chi connectivity index (χ2v) is 3.09. The lowest BCUT2D eigenvalue weighted by Crippen LogP contribution is -2.53. The van der Waals surface area contributed by atoms with E-state index in [0.29, 0.717) is 0 Å². The monoisotopic (exact) mass is 112 g/mol. The average Bonchev–Trinajstić information content (AvgIpc) is 2.12. The summed E-state index contributed by atoms with van der Waals surface area (Å²) in [5.74, 6) is 0.808. The summed E-state index contributed by atoms with van der Waals surface area (Å²) in [4.78, 5) is 0. The molecular formula is C6H12N2. The first-order chi connectivity index (χ1) is 3.81. The normalized spacial score (nSPS) is 34.1. The maximum Gasteiger partial charge on any atom is 0.0208 e. The Balaban J connectivity index is 1.95. The Labute approximate surface area is 49.4 Å². The minimum Gasteiger partial charge on any atom is -0.325 e. The van der Waals surface area contributed by atoms with Gasteiger partial charge in [-0.05, 0) is 12.8 Å². The van der Waals surface area contributed by atoms with Gasteiger partial charge < -0.3 is 11.1 Å². The van der Waals surface area contributed by atoms with Crippen molar-refractivity contribution in [2.75, 3.05) is 13.1 Å². The van der Waals surface area contributed by atoms with Crippen molar-refractivity contribution in [2.24, 2.45) is 11.7 Å². The summed E-state index contributed by atoms with van der Waals surface area (Å²) in [5, 5.41) is 3.23. The standard InChI is InChI=1S/C6H12N2/c7-6(1-2-6)5-3-8-4-5/h5,8H,1-4,7H2. The minimum atomic E-state index is 0.283. The van der Waals surface area contributed by atoms with E-state index in [-0.39, 0.29) is 5.54 Å². The van der Waals surface area contributed by atoms with E-state index >= 15 is 0 Å². The van der Waals surface area contributed by atoms with Crippen molar-refractivity contribution in [2.45, 2.75) is 18.4 Å². The lowest BCUT2D eigenvalue weighted by Gasteiger charge is -2.32. The van der Waals surface area contributed by atoms with Crippen molar-refractivity contribution in [1.29, 1.82) is 0 Å². The molecule has 0 atom stereocenters. The molecule has 2 fully saturated rings. The van der Waals surface area contributed by atoms with Crippen molar-refractivity contribution in [3.63, 3.8) is 0 Å². The van der Waals surface area contributed by atoms with E-state index in [2.05, 4.69) is 5.32 Å². The fourth-order valence-corrected chi connectivity index (χ4v) is 1.25. The summed E-state index contributed by atoms with van der Waals surface area (Å²) in [6, 6.07) is 0. The maximum atomic E-state index is 5.91. The maximum absolute atomic E-state index is 5.91. The second-order valence-electron chi connectivity index (χ2n) is 3.09. The summed E-state index contributed by atoms with van der Waals surface area (Å²) in [5.41, 5.74) is 6.19. The molecule has 1 heterocycles. The van der Waals surface area contributed by atoms with Crippen LogP contribution in [0, 0.1) is 5.92 Å². The van der Waals surface area contributed by atoms with Gasteiger partial charge in [-0.25, -0.2) is 0 Å². The van der Waals surface area contributed by atoms with Crippen molar-refractivity contribution < 1.29 is 0 Å². The summed E-state index contributed by atoms with van der Waals surface area (Å²) < 4.78 is 0. The fourth-order valence-electron chi connectivity index (χ4n) is 1.25. The summed E-state index contributed by atoms with van der Waals surface area (Å²) in [6.45, 7) is 2.33. The first-order valence-corrected chi connectivity index (χ1v) is 3.31. The molecule has 0 amide bonds. The topological polar surface area (TPSA) is 38.0 Å². The Bertz CT molecular complexity index is 103. The lowest BCUT2D eigenvalue weighted by atomic mass is 9.92. The van der Waals surface area contributed by atoms with E-state index in [1.165, 1.54) is 12.8 Å². The van der Waals surface area contributed by atoms with Gasteiger partial charge in [0, 0.05) is 24.5 Å². The van der Waals surface area contributed by atoms with E-state index < -0.39 is 0 Å². The van der Waals surface area contributed by atoms with Crippen LogP contribution in [0.4, 0.5) is 0 Å². The highest BCUT2D eigenvalue weighted by molar-refractivity contribution is 5.07. The summed E-state index contributed by atoms with van der Waals surface area (Å²) in [7, 11) is 0. The number of nitrogens with one attached hydrogen (secondary N) is 1. The first kappa shape index (κ1) is 4.77. The molecule has 0 bridgehead atoms. The molecule has 0 aromatic heterocycles. The number of nitrogens with two attached hydrogens (primary N) is 1. The lowest BCUT2D eigenvalue weighted by molar-refractivity contribution is 0.277. The van der Waals surface area contributed by atoms with Gasteiger partial charge in [0.2, 0.25) is 0 Å². The minimum absolute atomic E-state index is 0.283. The van der Waals surface area contributed by atoms with Crippen LogP contribution in [0.1, 0.15) is 12.8 Å². The third-order valence-corrected chi connectivity index (χ3v) is 2.42. The quantitative estimate of drug-likeness (QED) is 0.488. The van der Waals surface area contributed by atoms with Gasteiger partial charge in [-0.3, -0.25) is 0 Å². The molecule has 2 rings (SSSR count). The molecule has 8 heavy (non-hydrogen) atoms. The Morgan fingerprint density at radius 1 is 1.38 bits per heavy atom. The van der Waals surface area contributed by atoms with E-state index in [1.807, 2.05) is 0 Å². The van der Waals surface area contributed by atoms with Crippen LogP contribution < -0.4 is 11.1 Å². The van der Waals surface area contributed by atoms with Gasteiger partial charge in [-0.2, -0.15) is 0 Å². The highest BCUT2D eigenvalue weighted by atomic mass is 15.0. The van der Waals surface area contributed by atoms with Crippen molar-refractivity contribution in [3.8, 4) is 0 Å². The van der Waals surface area contributed by atoms with Crippen LogP contribution in [0.5, 0.6) is 0 Å². The van der Waals surface area contributed by atoms with Crippen LogP contribution in [0.25, 0.3) is 0 Å². The molecule has 1 saturated carbocycles. The third-order valence-electron chi connectivity index (χ3n) is 2.42. The van der Waals surface area contributed by atoms with Crippen LogP contribution in [0.2, 0.25) is 0 Å². The Morgan fingerprint density at radius 3 is 2.12 bits per heavy atom. The van der Waals surface area contributed by atoms with E-state index in [1.54, 1.807) is 0 Å². The van der Waals surface area contributed by atoms with Crippen LogP contribution >= 0.6 is 0 Å². The van der Waals surface area contributed by atoms with Gasteiger partial charge in [0.05, 0.1) is 0 Å². The van der Waals surface area contributed by atoms with E-state index in [4.69, 9.17) is 5.73 Å². The molecule has 46 valence electrons. The van der Waals surface area contributed by atoms with Crippen LogP contribution in [-0.4, -0.2) is 18.6 Å². The van der Waals surface area contributed by atoms with Crippen LogP contribution in [0.15, 0.2) is 0 Å². The molecule has 0 radical (unpaired) electrons. The molecule has 0 spiro atoms. The highest BCUT2D eigenvalue weighted by Gasteiger charge is 2.47. The van der Waals surface area contributed by atoms with Gasteiger partial charge in [0.25, 0.3) is 0 Å². The molecule has 1 aliphatic carbocycles.